The van der Waals surface area contributed by atoms with Crippen molar-refractivity contribution in [2.75, 3.05) is 7.11 Å². The summed E-state index contributed by atoms with van der Waals surface area (Å²) < 4.78 is 11.5. The highest BCUT2D eigenvalue weighted by atomic mass is 16.5. The van der Waals surface area contributed by atoms with Crippen LogP contribution in [0.2, 0.25) is 0 Å². The van der Waals surface area contributed by atoms with Crippen LogP contribution in [0.4, 0.5) is 0 Å². The van der Waals surface area contributed by atoms with Gasteiger partial charge in [0.25, 0.3) is 0 Å². The molecular formula is C25H38O4. The highest BCUT2D eigenvalue weighted by Crippen LogP contribution is 2.72. The minimum atomic E-state index is -0.403. The van der Waals surface area contributed by atoms with Crippen molar-refractivity contribution in [2.24, 2.45) is 39.9 Å². The van der Waals surface area contributed by atoms with E-state index in [1.165, 1.54) is 7.11 Å². The quantitative estimate of drug-likeness (QED) is 0.474. The van der Waals surface area contributed by atoms with E-state index in [0.717, 1.165) is 56.9 Å². The molecule has 0 saturated heterocycles. The fourth-order valence-corrected chi connectivity index (χ4v) is 8.26. The standard InChI is InChI=1S/C25H38O4/c1-15(2)21(26)29-20-16(3)17-8-9-19-23(4)11-7-12-24(5,22(27)28-6)18(23)10-13-25(19,20)14-17/h15,17-20H,3,7-14H2,1-2,4-6H3/t17-,18+,19+,20+,23-,24-,25-/m1/s1. The molecule has 29 heavy (non-hydrogen) atoms. The molecule has 4 aliphatic rings. The normalized spacial score (nSPS) is 46.1. The summed E-state index contributed by atoms with van der Waals surface area (Å²) in [6, 6.07) is 0. The van der Waals surface area contributed by atoms with Gasteiger partial charge in [0.1, 0.15) is 6.10 Å². The topological polar surface area (TPSA) is 52.6 Å². The summed E-state index contributed by atoms with van der Waals surface area (Å²) in [4.78, 5) is 25.4. The highest BCUT2D eigenvalue weighted by Gasteiger charge is 2.68. The summed E-state index contributed by atoms with van der Waals surface area (Å²) in [6.45, 7) is 12.8. The zero-order valence-corrected chi connectivity index (χ0v) is 18.9. The van der Waals surface area contributed by atoms with Gasteiger partial charge in [-0.2, -0.15) is 0 Å². The second kappa shape index (κ2) is 6.85. The Hall–Kier alpha value is -1.32. The van der Waals surface area contributed by atoms with Crippen LogP contribution in [0.25, 0.3) is 0 Å². The summed E-state index contributed by atoms with van der Waals surface area (Å²) in [5, 5.41) is 0. The summed E-state index contributed by atoms with van der Waals surface area (Å²) in [5.74, 6) is 1.01. The Morgan fingerprint density at radius 1 is 1.07 bits per heavy atom. The van der Waals surface area contributed by atoms with Crippen LogP contribution in [-0.2, 0) is 19.1 Å². The molecule has 0 aromatic heterocycles. The Bertz CT molecular complexity index is 726. The van der Waals surface area contributed by atoms with Gasteiger partial charge in [-0.3, -0.25) is 9.59 Å². The summed E-state index contributed by atoms with van der Waals surface area (Å²) in [6.07, 6.45) is 8.40. The van der Waals surface area contributed by atoms with Crippen molar-refractivity contribution in [3.8, 4) is 0 Å². The molecule has 4 aliphatic carbocycles. The number of rotatable bonds is 3. The molecule has 4 saturated carbocycles. The van der Waals surface area contributed by atoms with Crippen LogP contribution in [0.5, 0.6) is 0 Å². The number of fused-ring (bicyclic) bond motifs is 3. The van der Waals surface area contributed by atoms with E-state index in [4.69, 9.17) is 9.47 Å². The number of esters is 2. The number of carbonyl (C=O) groups excluding carboxylic acids is 2. The average molecular weight is 403 g/mol. The second-order valence-corrected chi connectivity index (χ2v) is 11.2. The van der Waals surface area contributed by atoms with Crippen molar-refractivity contribution in [2.45, 2.75) is 85.2 Å². The van der Waals surface area contributed by atoms with Gasteiger partial charge in [-0.1, -0.05) is 33.8 Å². The van der Waals surface area contributed by atoms with E-state index in [1.54, 1.807) is 0 Å². The van der Waals surface area contributed by atoms with Gasteiger partial charge < -0.3 is 9.47 Å². The third kappa shape index (κ3) is 2.76. The van der Waals surface area contributed by atoms with Crippen LogP contribution in [0.3, 0.4) is 0 Å². The van der Waals surface area contributed by atoms with E-state index in [-0.39, 0.29) is 34.8 Å². The minimum Gasteiger partial charge on any atom is -0.469 e. The van der Waals surface area contributed by atoms with Crippen molar-refractivity contribution < 1.29 is 19.1 Å². The van der Waals surface area contributed by atoms with E-state index in [9.17, 15) is 9.59 Å². The summed E-state index contributed by atoms with van der Waals surface area (Å²) >= 11 is 0. The molecule has 162 valence electrons. The van der Waals surface area contributed by atoms with Gasteiger partial charge in [-0.05, 0) is 80.6 Å². The average Bonchev–Trinajstić information content (AvgIpc) is 2.87. The van der Waals surface area contributed by atoms with Crippen molar-refractivity contribution >= 4 is 11.9 Å². The monoisotopic (exact) mass is 402 g/mol. The molecule has 0 aromatic rings. The molecule has 7 atom stereocenters. The number of methoxy groups -OCH3 is 1. The van der Waals surface area contributed by atoms with E-state index >= 15 is 0 Å². The van der Waals surface area contributed by atoms with Crippen molar-refractivity contribution in [3.63, 3.8) is 0 Å². The number of hydrogen-bond donors (Lipinski definition) is 0. The van der Waals surface area contributed by atoms with Crippen molar-refractivity contribution in [1.29, 1.82) is 0 Å². The lowest BCUT2D eigenvalue weighted by Gasteiger charge is -2.64. The van der Waals surface area contributed by atoms with Crippen LogP contribution in [0.15, 0.2) is 12.2 Å². The first kappa shape index (κ1) is 20.9. The second-order valence-electron chi connectivity index (χ2n) is 11.2. The van der Waals surface area contributed by atoms with Gasteiger partial charge in [-0.25, -0.2) is 0 Å². The molecule has 4 heteroatoms. The Morgan fingerprint density at radius 2 is 1.79 bits per heavy atom. The molecule has 0 aromatic carbocycles. The Labute approximate surface area is 175 Å². The zero-order valence-electron chi connectivity index (χ0n) is 18.9. The van der Waals surface area contributed by atoms with E-state index < -0.39 is 5.41 Å². The summed E-state index contributed by atoms with van der Waals surface area (Å²) in [5.41, 5.74) is 0.830. The molecule has 0 N–H and O–H groups in total. The van der Waals surface area contributed by atoms with Crippen LogP contribution < -0.4 is 0 Å². The number of ether oxygens (including phenoxy) is 2. The molecule has 4 nitrogen and oxygen atoms in total. The van der Waals surface area contributed by atoms with E-state index in [2.05, 4.69) is 20.4 Å². The first-order chi connectivity index (χ1) is 13.6. The number of carbonyl (C=O) groups is 2. The smallest absolute Gasteiger partial charge is 0.311 e. The molecule has 0 aliphatic heterocycles. The van der Waals surface area contributed by atoms with Crippen LogP contribution in [0, 0.1) is 39.9 Å². The Kier molecular flexibility index (Phi) is 4.94. The molecule has 0 unspecified atom stereocenters. The van der Waals surface area contributed by atoms with Crippen LogP contribution >= 0.6 is 0 Å². The van der Waals surface area contributed by atoms with Gasteiger partial charge in [0.2, 0.25) is 0 Å². The largest absolute Gasteiger partial charge is 0.469 e. The lowest BCUT2D eigenvalue weighted by Crippen LogP contribution is -2.60. The molecule has 4 fully saturated rings. The van der Waals surface area contributed by atoms with Gasteiger partial charge >= 0.3 is 11.9 Å². The molecule has 0 radical (unpaired) electrons. The molecule has 0 amide bonds. The first-order valence-electron chi connectivity index (χ1n) is 11.6. The fraction of sp³-hybridized carbons (Fsp3) is 0.840. The fourth-order valence-electron chi connectivity index (χ4n) is 8.26. The molecular weight excluding hydrogens is 364 g/mol. The van der Waals surface area contributed by atoms with Gasteiger partial charge in [0, 0.05) is 5.41 Å². The van der Waals surface area contributed by atoms with Gasteiger partial charge in [-0.15, -0.1) is 0 Å². The molecule has 4 rings (SSSR count). The molecule has 2 bridgehead atoms. The lowest BCUT2D eigenvalue weighted by atomic mass is 9.40. The predicted molar refractivity (Wildman–Crippen MR) is 112 cm³/mol. The summed E-state index contributed by atoms with van der Waals surface area (Å²) in [7, 11) is 1.53. The molecule has 0 heterocycles. The third-order valence-corrected chi connectivity index (χ3v) is 9.54. The maximum absolute atomic E-state index is 12.8. The van der Waals surface area contributed by atoms with Crippen LogP contribution in [0.1, 0.15) is 79.1 Å². The minimum absolute atomic E-state index is 0.00414. The number of hydrogen-bond acceptors (Lipinski definition) is 4. The SMILES string of the molecule is C=C1[C@@H]2CC[C@H]3[C@]4(C)CCC[C@@](C)(C(=O)OC)[C@H]4CC[C@]3(C2)[C@H]1OC(=O)C(C)C. The molecule has 1 spiro atoms. The van der Waals surface area contributed by atoms with E-state index in [0.29, 0.717) is 17.8 Å². The first-order valence-corrected chi connectivity index (χ1v) is 11.6. The maximum atomic E-state index is 12.8. The van der Waals surface area contributed by atoms with Crippen molar-refractivity contribution in [3.05, 3.63) is 12.2 Å². The van der Waals surface area contributed by atoms with Crippen molar-refractivity contribution in [1.82, 2.24) is 0 Å². The van der Waals surface area contributed by atoms with E-state index in [1.807, 2.05) is 13.8 Å². The van der Waals surface area contributed by atoms with Gasteiger partial charge in [0.05, 0.1) is 18.4 Å². The third-order valence-electron chi connectivity index (χ3n) is 9.54. The Balaban J connectivity index is 1.73. The maximum Gasteiger partial charge on any atom is 0.311 e. The van der Waals surface area contributed by atoms with Crippen LogP contribution in [-0.4, -0.2) is 25.2 Å². The Morgan fingerprint density at radius 3 is 2.45 bits per heavy atom. The lowest BCUT2D eigenvalue weighted by molar-refractivity contribution is -0.198. The highest BCUT2D eigenvalue weighted by molar-refractivity contribution is 5.77. The van der Waals surface area contributed by atoms with Gasteiger partial charge in [0.15, 0.2) is 0 Å². The zero-order chi connectivity index (χ0) is 21.2. The predicted octanol–water partition coefficient (Wildman–Crippen LogP) is 5.31.